The predicted octanol–water partition coefficient (Wildman–Crippen LogP) is 5.35. The Morgan fingerprint density at radius 2 is 1.38 bits per heavy atom. The van der Waals surface area contributed by atoms with Crippen LogP contribution in [0.15, 0.2) is 72.8 Å². The van der Waals surface area contributed by atoms with E-state index in [0.29, 0.717) is 0 Å². The van der Waals surface area contributed by atoms with E-state index in [1.807, 2.05) is 6.07 Å². The van der Waals surface area contributed by atoms with E-state index in [1.165, 1.54) is 21.9 Å². The molecular weight excluding hydrogens is 256 g/mol. The normalized spacial score (nSPS) is 12.7. The third-order valence-electron chi connectivity index (χ3n) is 3.62. The van der Waals surface area contributed by atoms with Crippen LogP contribution in [0, 0.1) is 0 Å². The Morgan fingerprint density at radius 1 is 0.714 bits per heavy atom. The highest BCUT2D eigenvalue weighted by atomic mass is 16.5. The molecule has 0 aromatic heterocycles. The fourth-order valence-electron chi connectivity index (χ4n) is 2.71. The molecule has 0 amide bonds. The van der Waals surface area contributed by atoms with Crippen LogP contribution in [-0.4, -0.2) is 6.10 Å². The zero-order chi connectivity index (χ0) is 14.7. The van der Waals surface area contributed by atoms with Gasteiger partial charge >= 0.3 is 0 Å². The first-order chi connectivity index (χ1) is 10.3. The summed E-state index contributed by atoms with van der Waals surface area (Å²) >= 11 is 0. The van der Waals surface area contributed by atoms with Gasteiger partial charge in [0.1, 0.15) is 6.10 Å². The van der Waals surface area contributed by atoms with Crippen LogP contribution in [0.3, 0.4) is 0 Å². The summed E-state index contributed by atoms with van der Waals surface area (Å²) in [7, 11) is 0. The molecule has 21 heavy (non-hydrogen) atoms. The molecule has 0 aliphatic carbocycles. The Labute approximate surface area is 126 Å². The highest BCUT2D eigenvalue weighted by Crippen LogP contribution is 2.32. The lowest BCUT2D eigenvalue weighted by Gasteiger charge is -2.23. The monoisotopic (exact) mass is 276 g/mol. The van der Waals surface area contributed by atoms with Crippen molar-refractivity contribution < 1.29 is 4.74 Å². The largest absolute Gasteiger partial charge is 0.366 e. The molecule has 3 rings (SSSR count). The topological polar surface area (TPSA) is 9.23 Å². The van der Waals surface area contributed by atoms with E-state index in [-0.39, 0.29) is 12.2 Å². The van der Waals surface area contributed by atoms with Gasteiger partial charge in [0.05, 0.1) is 6.10 Å². The highest BCUT2D eigenvalue weighted by molar-refractivity contribution is 5.86. The summed E-state index contributed by atoms with van der Waals surface area (Å²) in [5.74, 6) is 0. The van der Waals surface area contributed by atoms with Crippen LogP contribution in [0.5, 0.6) is 0 Å². The second-order valence-corrected chi connectivity index (χ2v) is 5.54. The lowest BCUT2D eigenvalue weighted by Crippen LogP contribution is -2.12. The summed E-state index contributed by atoms with van der Waals surface area (Å²) in [5.41, 5.74) is 2.43. The molecule has 1 heteroatoms. The van der Waals surface area contributed by atoms with Crippen molar-refractivity contribution in [3.63, 3.8) is 0 Å². The van der Waals surface area contributed by atoms with Crippen molar-refractivity contribution in [1.82, 2.24) is 0 Å². The minimum absolute atomic E-state index is 0.0303. The van der Waals surface area contributed by atoms with E-state index in [4.69, 9.17) is 4.74 Å². The molecule has 0 spiro atoms. The lowest BCUT2D eigenvalue weighted by molar-refractivity contribution is 0.0312. The van der Waals surface area contributed by atoms with E-state index >= 15 is 0 Å². The highest BCUT2D eigenvalue weighted by Gasteiger charge is 2.18. The molecule has 0 saturated heterocycles. The number of hydrogen-bond acceptors (Lipinski definition) is 1. The summed E-state index contributed by atoms with van der Waals surface area (Å²) < 4.78 is 6.23. The molecule has 106 valence electrons. The molecule has 1 nitrogen and oxygen atoms in total. The van der Waals surface area contributed by atoms with Crippen molar-refractivity contribution in [3.8, 4) is 0 Å². The van der Waals surface area contributed by atoms with Crippen LogP contribution < -0.4 is 0 Å². The van der Waals surface area contributed by atoms with Gasteiger partial charge in [0.2, 0.25) is 0 Å². The maximum atomic E-state index is 6.23. The van der Waals surface area contributed by atoms with Crippen LogP contribution in [-0.2, 0) is 4.74 Å². The molecule has 0 aliphatic rings. The fraction of sp³-hybridized carbons (Fsp3) is 0.200. The summed E-state index contributed by atoms with van der Waals surface area (Å²) in [4.78, 5) is 0. The first kappa shape index (κ1) is 13.8. The molecule has 3 aromatic rings. The van der Waals surface area contributed by atoms with E-state index in [9.17, 15) is 0 Å². The van der Waals surface area contributed by atoms with Crippen LogP contribution in [0.25, 0.3) is 10.8 Å². The summed E-state index contributed by atoms with van der Waals surface area (Å²) in [6, 6.07) is 25.4. The molecular formula is C20H20O. The molecule has 1 atom stereocenters. The van der Waals surface area contributed by atoms with Gasteiger partial charge < -0.3 is 4.74 Å². The number of benzene rings is 3. The first-order valence-corrected chi connectivity index (χ1v) is 7.44. The lowest BCUT2D eigenvalue weighted by atomic mass is 9.95. The average molecular weight is 276 g/mol. The summed E-state index contributed by atoms with van der Waals surface area (Å²) in [6.45, 7) is 4.17. The Hall–Kier alpha value is -2.12. The quantitative estimate of drug-likeness (QED) is 0.623. The van der Waals surface area contributed by atoms with Gasteiger partial charge in [-0.05, 0) is 35.7 Å². The number of rotatable bonds is 4. The molecule has 1 unspecified atom stereocenters. The maximum absolute atomic E-state index is 6.23. The minimum atomic E-state index is -0.0303. The molecule has 0 bridgehead atoms. The minimum Gasteiger partial charge on any atom is -0.366 e. The molecule has 0 radical (unpaired) electrons. The van der Waals surface area contributed by atoms with Gasteiger partial charge in [0.25, 0.3) is 0 Å². The third kappa shape index (κ3) is 2.98. The van der Waals surface area contributed by atoms with E-state index in [1.54, 1.807) is 0 Å². The zero-order valence-corrected chi connectivity index (χ0v) is 12.5. The SMILES string of the molecule is CC(C)OC(c1ccccc1)c1cccc2ccccc12. The van der Waals surface area contributed by atoms with Gasteiger partial charge in [-0.3, -0.25) is 0 Å². The third-order valence-corrected chi connectivity index (χ3v) is 3.62. The first-order valence-electron chi connectivity index (χ1n) is 7.44. The maximum Gasteiger partial charge on any atom is 0.108 e. The number of fused-ring (bicyclic) bond motifs is 1. The van der Waals surface area contributed by atoms with Crippen molar-refractivity contribution in [2.75, 3.05) is 0 Å². The Morgan fingerprint density at radius 3 is 2.14 bits per heavy atom. The summed E-state index contributed by atoms with van der Waals surface area (Å²) in [6.07, 6.45) is 0.145. The number of hydrogen-bond donors (Lipinski definition) is 0. The van der Waals surface area contributed by atoms with Crippen molar-refractivity contribution in [1.29, 1.82) is 0 Å². The van der Waals surface area contributed by atoms with Crippen LogP contribution in [0.4, 0.5) is 0 Å². The van der Waals surface area contributed by atoms with E-state index in [0.717, 1.165) is 0 Å². The predicted molar refractivity (Wildman–Crippen MR) is 88.5 cm³/mol. The van der Waals surface area contributed by atoms with Gasteiger partial charge in [-0.2, -0.15) is 0 Å². The van der Waals surface area contributed by atoms with Gasteiger partial charge in [-0.15, -0.1) is 0 Å². The second-order valence-electron chi connectivity index (χ2n) is 5.54. The standard InChI is InChI=1S/C20H20O/c1-15(2)21-20(17-10-4-3-5-11-17)19-14-8-12-16-9-6-7-13-18(16)19/h3-15,20H,1-2H3. The van der Waals surface area contributed by atoms with Crippen molar-refractivity contribution in [3.05, 3.63) is 83.9 Å². The van der Waals surface area contributed by atoms with E-state index < -0.39 is 0 Å². The van der Waals surface area contributed by atoms with Crippen molar-refractivity contribution in [2.45, 2.75) is 26.1 Å². The Bertz CT molecular complexity index is 711. The smallest absolute Gasteiger partial charge is 0.108 e. The van der Waals surface area contributed by atoms with Crippen LogP contribution in [0.2, 0.25) is 0 Å². The van der Waals surface area contributed by atoms with Crippen molar-refractivity contribution in [2.24, 2.45) is 0 Å². The van der Waals surface area contributed by atoms with Crippen molar-refractivity contribution >= 4 is 10.8 Å². The fourth-order valence-corrected chi connectivity index (χ4v) is 2.71. The molecule has 3 aromatic carbocycles. The number of ether oxygens (including phenoxy) is 1. The molecule has 0 fully saturated rings. The summed E-state index contributed by atoms with van der Waals surface area (Å²) in [5, 5.41) is 2.51. The second kappa shape index (κ2) is 6.11. The van der Waals surface area contributed by atoms with Gasteiger partial charge in [0.15, 0.2) is 0 Å². The molecule has 0 saturated carbocycles. The molecule has 0 heterocycles. The van der Waals surface area contributed by atoms with Crippen LogP contribution >= 0.6 is 0 Å². The van der Waals surface area contributed by atoms with Gasteiger partial charge in [-0.25, -0.2) is 0 Å². The average Bonchev–Trinajstić information content (AvgIpc) is 2.53. The van der Waals surface area contributed by atoms with Crippen LogP contribution in [0.1, 0.15) is 31.1 Å². The Balaban J connectivity index is 2.15. The molecule has 0 N–H and O–H groups in total. The zero-order valence-electron chi connectivity index (χ0n) is 12.5. The van der Waals surface area contributed by atoms with Gasteiger partial charge in [0, 0.05) is 0 Å². The Kier molecular flexibility index (Phi) is 4.03. The van der Waals surface area contributed by atoms with Gasteiger partial charge in [-0.1, -0.05) is 72.8 Å². The van der Waals surface area contributed by atoms with E-state index in [2.05, 4.69) is 80.6 Å². The molecule has 0 aliphatic heterocycles.